The summed E-state index contributed by atoms with van der Waals surface area (Å²) in [6.07, 6.45) is 2.26. The third kappa shape index (κ3) is 5.79. The van der Waals surface area contributed by atoms with Crippen molar-refractivity contribution >= 4 is 27.5 Å². The number of nitrogens with one attached hydrogen (secondary N) is 1. The van der Waals surface area contributed by atoms with Gasteiger partial charge in [0.2, 0.25) is 15.9 Å². The van der Waals surface area contributed by atoms with E-state index in [2.05, 4.69) is 11.6 Å². The van der Waals surface area contributed by atoms with Gasteiger partial charge in [-0.2, -0.15) is 0 Å². The summed E-state index contributed by atoms with van der Waals surface area (Å²) in [6, 6.07) is 13.7. The van der Waals surface area contributed by atoms with Crippen molar-refractivity contribution < 1.29 is 17.9 Å². The fraction of sp³-hybridized carbons (Fsp3) is 0.435. The highest BCUT2D eigenvalue weighted by atomic mass is 35.5. The zero-order chi connectivity index (χ0) is 22.4. The molecular weight excluding hydrogens is 436 g/mol. The lowest BCUT2D eigenvalue weighted by Crippen LogP contribution is -2.41. The second-order valence-corrected chi connectivity index (χ2v) is 10.1. The number of para-hydroxylation sites is 1. The fourth-order valence-electron chi connectivity index (χ4n) is 3.88. The van der Waals surface area contributed by atoms with E-state index in [-0.39, 0.29) is 23.1 Å². The molecule has 1 amide bonds. The second-order valence-electron chi connectivity index (χ2n) is 7.92. The Bertz CT molecular complexity index is 1000. The van der Waals surface area contributed by atoms with Crippen molar-refractivity contribution in [3.05, 3.63) is 59.1 Å². The normalized spacial score (nSPS) is 16.2. The van der Waals surface area contributed by atoms with Crippen molar-refractivity contribution in [2.45, 2.75) is 37.0 Å². The molecule has 1 saturated heterocycles. The fourth-order valence-corrected chi connectivity index (χ4v) is 5.36. The molecule has 0 aromatic heterocycles. The number of rotatable bonds is 8. The average molecular weight is 465 g/mol. The molecule has 1 heterocycles. The Morgan fingerprint density at radius 2 is 1.81 bits per heavy atom. The third-order valence-corrected chi connectivity index (χ3v) is 7.60. The van der Waals surface area contributed by atoms with Crippen molar-refractivity contribution in [1.82, 2.24) is 9.62 Å². The Kier molecular flexibility index (Phi) is 7.97. The van der Waals surface area contributed by atoms with Gasteiger partial charge in [-0.05, 0) is 48.9 Å². The standard InChI is InChI=1S/C23H29ClN2O4S/c1-17-12-15-26(16-13-17)23(27)19(18-7-3-4-8-20(18)24)11-14-25-31(28,29)22-10-6-5-9-21(22)30-2/h3-10,17,19,25H,11-16H2,1-2H3. The topological polar surface area (TPSA) is 75.7 Å². The molecule has 0 aliphatic carbocycles. The van der Waals surface area contributed by atoms with E-state index >= 15 is 0 Å². The third-order valence-electron chi connectivity index (χ3n) is 5.76. The number of nitrogens with zero attached hydrogens (tertiary/aromatic N) is 1. The van der Waals surface area contributed by atoms with E-state index < -0.39 is 15.9 Å². The molecule has 1 aliphatic heterocycles. The predicted molar refractivity (Wildman–Crippen MR) is 122 cm³/mol. The van der Waals surface area contributed by atoms with Gasteiger partial charge in [-0.15, -0.1) is 0 Å². The van der Waals surface area contributed by atoms with Gasteiger partial charge in [0.25, 0.3) is 0 Å². The summed E-state index contributed by atoms with van der Waals surface area (Å²) in [6.45, 7) is 3.73. The number of hydrogen-bond acceptors (Lipinski definition) is 4. The van der Waals surface area contributed by atoms with E-state index in [0.717, 1.165) is 18.4 Å². The summed E-state index contributed by atoms with van der Waals surface area (Å²) in [7, 11) is -2.35. The number of piperidine rings is 1. The highest BCUT2D eigenvalue weighted by Crippen LogP contribution is 2.30. The van der Waals surface area contributed by atoms with Crippen LogP contribution >= 0.6 is 11.6 Å². The highest BCUT2D eigenvalue weighted by Gasteiger charge is 2.30. The molecule has 0 bridgehead atoms. The van der Waals surface area contributed by atoms with Gasteiger partial charge >= 0.3 is 0 Å². The van der Waals surface area contributed by atoms with Crippen LogP contribution in [0.1, 0.15) is 37.7 Å². The molecule has 3 rings (SSSR count). The molecule has 2 aromatic carbocycles. The van der Waals surface area contributed by atoms with Gasteiger partial charge < -0.3 is 9.64 Å². The van der Waals surface area contributed by atoms with Gasteiger partial charge in [0.1, 0.15) is 10.6 Å². The monoisotopic (exact) mass is 464 g/mol. The minimum Gasteiger partial charge on any atom is -0.495 e. The lowest BCUT2D eigenvalue weighted by molar-refractivity contribution is -0.134. The number of amides is 1. The Balaban J connectivity index is 1.76. The number of benzene rings is 2. The summed E-state index contributed by atoms with van der Waals surface area (Å²) in [5, 5.41) is 0.513. The number of carbonyl (C=O) groups excluding carboxylic acids is 1. The number of ether oxygens (including phenoxy) is 1. The van der Waals surface area contributed by atoms with Gasteiger partial charge in [-0.1, -0.05) is 48.9 Å². The molecule has 1 N–H and O–H groups in total. The zero-order valence-electron chi connectivity index (χ0n) is 17.9. The molecule has 0 spiro atoms. The number of hydrogen-bond donors (Lipinski definition) is 1. The van der Waals surface area contributed by atoms with E-state index in [1.165, 1.54) is 13.2 Å². The Morgan fingerprint density at radius 1 is 1.16 bits per heavy atom. The molecule has 1 unspecified atom stereocenters. The Hall–Kier alpha value is -2.09. The maximum Gasteiger partial charge on any atom is 0.244 e. The van der Waals surface area contributed by atoms with Crippen LogP contribution < -0.4 is 9.46 Å². The molecule has 31 heavy (non-hydrogen) atoms. The Morgan fingerprint density at radius 3 is 2.48 bits per heavy atom. The first kappa shape index (κ1) is 23.6. The van der Waals surface area contributed by atoms with Crippen molar-refractivity contribution in [3.63, 3.8) is 0 Å². The summed E-state index contributed by atoms with van der Waals surface area (Å²) < 4.78 is 33.4. The molecule has 0 radical (unpaired) electrons. The van der Waals surface area contributed by atoms with E-state index in [1.54, 1.807) is 24.3 Å². The lowest BCUT2D eigenvalue weighted by Gasteiger charge is -2.33. The van der Waals surface area contributed by atoms with E-state index in [4.69, 9.17) is 16.3 Å². The van der Waals surface area contributed by atoms with Gasteiger partial charge in [0, 0.05) is 24.7 Å². The molecule has 168 valence electrons. The Labute approximate surface area is 189 Å². The maximum atomic E-state index is 13.4. The van der Waals surface area contributed by atoms with Gasteiger partial charge in [-0.3, -0.25) is 4.79 Å². The van der Waals surface area contributed by atoms with Crippen molar-refractivity contribution in [2.75, 3.05) is 26.7 Å². The molecule has 1 aliphatic rings. The van der Waals surface area contributed by atoms with Crippen molar-refractivity contribution in [2.24, 2.45) is 5.92 Å². The van der Waals surface area contributed by atoms with Crippen LogP contribution in [0.15, 0.2) is 53.4 Å². The van der Waals surface area contributed by atoms with Crippen LogP contribution in [0.4, 0.5) is 0 Å². The first-order valence-corrected chi connectivity index (χ1v) is 12.4. The van der Waals surface area contributed by atoms with Gasteiger partial charge in [0.05, 0.1) is 13.0 Å². The smallest absolute Gasteiger partial charge is 0.244 e. The van der Waals surface area contributed by atoms with E-state index in [9.17, 15) is 13.2 Å². The maximum absolute atomic E-state index is 13.4. The van der Waals surface area contributed by atoms with Crippen LogP contribution in [0.3, 0.4) is 0 Å². The average Bonchev–Trinajstić information content (AvgIpc) is 2.77. The first-order valence-electron chi connectivity index (χ1n) is 10.5. The number of likely N-dealkylation sites (tertiary alicyclic amines) is 1. The molecule has 1 fully saturated rings. The molecular formula is C23H29ClN2O4S. The highest BCUT2D eigenvalue weighted by molar-refractivity contribution is 7.89. The van der Waals surface area contributed by atoms with Crippen LogP contribution in [0.25, 0.3) is 0 Å². The predicted octanol–water partition coefficient (Wildman–Crippen LogP) is 4.06. The number of sulfonamides is 1. The van der Waals surface area contributed by atoms with Crippen LogP contribution in [-0.2, 0) is 14.8 Å². The molecule has 1 atom stereocenters. The van der Waals surface area contributed by atoms with Gasteiger partial charge in [0.15, 0.2) is 0 Å². The van der Waals surface area contributed by atoms with Crippen LogP contribution in [0.5, 0.6) is 5.75 Å². The van der Waals surface area contributed by atoms with E-state index in [1.807, 2.05) is 23.1 Å². The quantitative estimate of drug-likeness (QED) is 0.639. The van der Waals surface area contributed by atoms with Crippen LogP contribution in [0.2, 0.25) is 5.02 Å². The molecule has 8 heteroatoms. The van der Waals surface area contributed by atoms with Gasteiger partial charge in [-0.25, -0.2) is 13.1 Å². The van der Waals surface area contributed by atoms with Crippen molar-refractivity contribution in [3.8, 4) is 5.75 Å². The van der Waals surface area contributed by atoms with Crippen molar-refractivity contribution in [1.29, 1.82) is 0 Å². The number of carbonyl (C=O) groups is 1. The van der Waals surface area contributed by atoms with Crippen LogP contribution in [0, 0.1) is 5.92 Å². The molecule has 0 saturated carbocycles. The summed E-state index contributed by atoms with van der Waals surface area (Å²) in [5.41, 5.74) is 0.726. The largest absolute Gasteiger partial charge is 0.495 e. The second kappa shape index (κ2) is 10.5. The zero-order valence-corrected chi connectivity index (χ0v) is 19.5. The molecule has 2 aromatic rings. The summed E-state index contributed by atoms with van der Waals surface area (Å²) >= 11 is 6.40. The number of methoxy groups -OCH3 is 1. The minimum absolute atomic E-state index is 0.00325. The first-order chi connectivity index (χ1) is 14.8. The number of halogens is 1. The van der Waals surface area contributed by atoms with Crippen LogP contribution in [-0.4, -0.2) is 46.0 Å². The lowest BCUT2D eigenvalue weighted by atomic mass is 9.92. The summed E-state index contributed by atoms with van der Waals surface area (Å²) in [4.78, 5) is 15.3. The van der Waals surface area contributed by atoms with E-state index in [0.29, 0.717) is 30.5 Å². The molecule has 6 nitrogen and oxygen atoms in total. The SMILES string of the molecule is COc1ccccc1S(=O)(=O)NCCC(C(=O)N1CCC(C)CC1)c1ccccc1Cl. The summed E-state index contributed by atoms with van der Waals surface area (Å²) in [5.74, 6) is 0.366. The minimum atomic E-state index is -3.78.